The molecule has 0 bridgehead atoms. The summed E-state index contributed by atoms with van der Waals surface area (Å²) in [5, 5.41) is 14.3. The molecule has 2 atom stereocenters. The van der Waals surface area contributed by atoms with Crippen molar-refractivity contribution in [2.24, 2.45) is 0 Å². The highest BCUT2D eigenvalue weighted by atomic mass is 16.6. The molecule has 2 aromatic rings. The Labute approximate surface area is 146 Å². The van der Waals surface area contributed by atoms with Crippen molar-refractivity contribution in [2.75, 3.05) is 12.4 Å². The molecule has 1 aliphatic rings. The summed E-state index contributed by atoms with van der Waals surface area (Å²) < 4.78 is 5.48. The highest BCUT2D eigenvalue weighted by Gasteiger charge is 2.22. The van der Waals surface area contributed by atoms with Crippen LogP contribution in [0.4, 0.5) is 11.5 Å². The Morgan fingerprint density at radius 3 is 2.68 bits per heavy atom. The van der Waals surface area contributed by atoms with Gasteiger partial charge in [0.1, 0.15) is 5.82 Å². The Morgan fingerprint density at radius 1 is 1.24 bits per heavy atom. The van der Waals surface area contributed by atoms with Crippen LogP contribution in [0.1, 0.15) is 31.4 Å². The van der Waals surface area contributed by atoms with Crippen molar-refractivity contribution < 1.29 is 9.66 Å². The molecule has 1 saturated carbocycles. The molecule has 1 aromatic carbocycles. The number of nitrogens with zero attached hydrogens (tertiary/aromatic N) is 3. The van der Waals surface area contributed by atoms with Crippen molar-refractivity contribution in [1.29, 1.82) is 0 Å². The van der Waals surface area contributed by atoms with Crippen molar-refractivity contribution in [1.82, 2.24) is 9.97 Å². The van der Waals surface area contributed by atoms with E-state index in [-0.39, 0.29) is 5.69 Å². The minimum absolute atomic E-state index is 0.0579. The Kier molecular flexibility index (Phi) is 5.23. The number of rotatable bonds is 5. The number of nitro benzene ring substituents is 1. The second-order valence-electron chi connectivity index (χ2n) is 6.39. The van der Waals surface area contributed by atoms with Crippen molar-refractivity contribution in [3.05, 3.63) is 46.1 Å². The quantitative estimate of drug-likeness (QED) is 0.658. The molecule has 7 nitrogen and oxygen atoms in total. The summed E-state index contributed by atoms with van der Waals surface area (Å²) in [6.07, 6.45) is 4.59. The minimum Gasteiger partial charge on any atom is -0.381 e. The second kappa shape index (κ2) is 7.57. The lowest BCUT2D eigenvalue weighted by Crippen LogP contribution is -2.31. The molecular weight excluding hydrogens is 320 g/mol. The predicted molar refractivity (Wildman–Crippen MR) is 95.5 cm³/mol. The van der Waals surface area contributed by atoms with Gasteiger partial charge >= 0.3 is 0 Å². The van der Waals surface area contributed by atoms with Gasteiger partial charge in [0.15, 0.2) is 5.82 Å². The molecule has 0 radical (unpaired) electrons. The van der Waals surface area contributed by atoms with E-state index in [1.54, 1.807) is 19.2 Å². The number of methoxy groups -OCH3 is 1. The van der Waals surface area contributed by atoms with Gasteiger partial charge in [-0.15, -0.1) is 0 Å². The van der Waals surface area contributed by atoms with Crippen molar-refractivity contribution in [3.63, 3.8) is 0 Å². The number of nitrogens with one attached hydrogen (secondary N) is 1. The van der Waals surface area contributed by atoms with E-state index >= 15 is 0 Å². The number of hydrogen-bond donors (Lipinski definition) is 1. The van der Waals surface area contributed by atoms with E-state index in [2.05, 4.69) is 15.3 Å². The standard InChI is InChI=1S/C18H22N4O3/c1-12-10-17(20-14-4-3-5-16(11-14)25-2)21-18(19-12)13-6-8-15(9-7-13)22(23)24/h6-10,14,16H,3-5,11H2,1-2H3,(H,19,20,21). The molecule has 7 heteroatoms. The fourth-order valence-corrected chi connectivity index (χ4v) is 3.20. The third-order valence-electron chi connectivity index (χ3n) is 4.50. The zero-order valence-corrected chi connectivity index (χ0v) is 14.4. The van der Waals surface area contributed by atoms with Gasteiger partial charge in [-0.05, 0) is 44.7 Å². The van der Waals surface area contributed by atoms with E-state index in [0.29, 0.717) is 18.0 Å². The summed E-state index contributed by atoms with van der Waals surface area (Å²) in [7, 11) is 1.76. The summed E-state index contributed by atoms with van der Waals surface area (Å²) in [5.74, 6) is 1.35. The normalized spacial score (nSPS) is 20.2. The van der Waals surface area contributed by atoms with Crippen LogP contribution < -0.4 is 5.32 Å². The number of aromatic nitrogens is 2. The number of non-ortho nitro benzene ring substituents is 1. The summed E-state index contributed by atoms with van der Waals surface area (Å²) in [4.78, 5) is 19.4. The van der Waals surface area contributed by atoms with Crippen LogP contribution >= 0.6 is 0 Å². The average Bonchev–Trinajstić information content (AvgIpc) is 2.61. The largest absolute Gasteiger partial charge is 0.381 e. The van der Waals surface area contributed by atoms with Gasteiger partial charge in [-0.2, -0.15) is 0 Å². The molecule has 1 heterocycles. The third kappa shape index (κ3) is 4.30. The predicted octanol–water partition coefficient (Wildman–Crippen LogP) is 3.73. The van der Waals surface area contributed by atoms with Crippen LogP contribution in [0.2, 0.25) is 0 Å². The number of benzene rings is 1. The fourth-order valence-electron chi connectivity index (χ4n) is 3.20. The van der Waals surface area contributed by atoms with E-state index in [1.807, 2.05) is 13.0 Å². The van der Waals surface area contributed by atoms with Crippen molar-refractivity contribution in [2.45, 2.75) is 44.8 Å². The van der Waals surface area contributed by atoms with Gasteiger partial charge in [0.25, 0.3) is 5.69 Å². The van der Waals surface area contributed by atoms with Crippen LogP contribution in [-0.2, 0) is 4.74 Å². The molecule has 1 N–H and O–H groups in total. The first-order chi connectivity index (χ1) is 12.0. The van der Waals surface area contributed by atoms with Gasteiger partial charge in [0.05, 0.1) is 11.0 Å². The molecule has 0 saturated heterocycles. The number of ether oxygens (including phenoxy) is 1. The van der Waals surface area contributed by atoms with Crippen molar-refractivity contribution >= 4 is 11.5 Å². The lowest BCUT2D eigenvalue weighted by molar-refractivity contribution is -0.384. The average molecular weight is 342 g/mol. The Bertz CT molecular complexity index is 748. The Morgan fingerprint density at radius 2 is 2.00 bits per heavy atom. The van der Waals surface area contributed by atoms with Crippen LogP contribution in [-0.4, -0.2) is 34.1 Å². The maximum atomic E-state index is 10.8. The van der Waals surface area contributed by atoms with E-state index < -0.39 is 4.92 Å². The molecule has 0 aliphatic heterocycles. The lowest BCUT2D eigenvalue weighted by Gasteiger charge is -2.29. The first-order valence-electron chi connectivity index (χ1n) is 8.45. The molecule has 0 spiro atoms. The Balaban J connectivity index is 1.79. The molecule has 1 aliphatic carbocycles. The van der Waals surface area contributed by atoms with E-state index in [0.717, 1.165) is 42.8 Å². The minimum atomic E-state index is -0.414. The monoisotopic (exact) mass is 342 g/mol. The number of nitro groups is 1. The van der Waals surface area contributed by atoms with Gasteiger partial charge in [-0.3, -0.25) is 10.1 Å². The maximum absolute atomic E-state index is 10.8. The van der Waals surface area contributed by atoms with Gasteiger partial charge in [-0.1, -0.05) is 0 Å². The molecule has 3 rings (SSSR count). The molecule has 1 fully saturated rings. The lowest BCUT2D eigenvalue weighted by atomic mass is 9.93. The third-order valence-corrected chi connectivity index (χ3v) is 4.50. The van der Waals surface area contributed by atoms with Crippen LogP contribution in [0.15, 0.2) is 30.3 Å². The van der Waals surface area contributed by atoms with Crippen LogP contribution in [0.5, 0.6) is 0 Å². The van der Waals surface area contributed by atoms with Crippen LogP contribution in [0.25, 0.3) is 11.4 Å². The number of anilines is 1. The maximum Gasteiger partial charge on any atom is 0.269 e. The van der Waals surface area contributed by atoms with E-state index in [9.17, 15) is 10.1 Å². The van der Waals surface area contributed by atoms with E-state index in [1.165, 1.54) is 12.1 Å². The highest BCUT2D eigenvalue weighted by molar-refractivity contribution is 5.59. The van der Waals surface area contributed by atoms with Gasteiger partial charge in [0.2, 0.25) is 0 Å². The zero-order chi connectivity index (χ0) is 17.8. The summed E-state index contributed by atoms with van der Waals surface area (Å²) in [6, 6.07) is 8.55. The van der Waals surface area contributed by atoms with Gasteiger partial charge < -0.3 is 10.1 Å². The van der Waals surface area contributed by atoms with Crippen LogP contribution in [0, 0.1) is 17.0 Å². The molecule has 25 heavy (non-hydrogen) atoms. The van der Waals surface area contributed by atoms with Crippen LogP contribution in [0.3, 0.4) is 0 Å². The molecular formula is C18H22N4O3. The highest BCUT2D eigenvalue weighted by Crippen LogP contribution is 2.25. The summed E-state index contributed by atoms with van der Waals surface area (Å²) >= 11 is 0. The number of hydrogen-bond acceptors (Lipinski definition) is 6. The number of aryl methyl sites for hydroxylation is 1. The van der Waals surface area contributed by atoms with E-state index in [4.69, 9.17) is 4.74 Å². The van der Waals surface area contributed by atoms with Gasteiger partial charge in [0, 0.05) is 42.6 Å². The van der Waals surface area contributed by atoms with Crippen molar-refractivity contribution in [3.8, 4) is 11.4 Å². The summed E-state index contributed by atoms with van der Waals surface area (Å²) in [5.41, 5.74) is 1.67. The first-order valence-corrected chi connectivity index (χ1v) is 8.45. The molecule has 2 unspecified atom stereocenters. The topological polar surface area (TPSA) is 90.2 Å². The molecule has 0 amide bonds. The van der Waals surface area contributed by atoms with Gasteiger partial charge in [-0.25, -0.2) is 9.97 Å². The Hall–Kier alpha value is -2.54. The molecule has 132 valence electrons. The summed E-state index contributed by atoms with van der Waals surface area (Å²) in [6.45, 7) is 1.92. The second-order valence-corrected chi connectivity index (χ2v) is 6.39. The smallest absolute Gasteiger partial charge is 0.269 e. The first kappa shape index (κ1) is 17.3. The fraction of sp³-hybridized carbons (Fsp3) is 0.444. The molecule has 1 aromatic heterocycles. The zero-order valence-electron chi connectivity index (χ0n) is 14.4. The SMILES string of the molecule is COC1CCCC(Nc2cc(C)nc(-c3ccc([N+](=O)[O-])cc3)n2)C1.